The predicted octanol–water partition coefficient (Wildman–Crippen LogP) is 1.43. The highest BCUT2D eigenvalue weighted by Crippen LogP contribution is 2.12. The average molecular weight is 222 g/mol. The Morgan fingerprint density at radius 1 is 1.31 bits per heavy atom. The van der Waals surface area contributed by atoms with Gasteiger partial charge in [-0.2, -0.15) is 0 Å². The standard InChI is InChI=1S/C12H14O4/c1-8(7-13)16-12(15)11-6-4-3-5-10(11)9(2)14/h3-6,8,13H,7H2,1-2H3. The highest BCUT2D eigenvalue weighted by atomic mass is 16.5. The molecule has 4 heteroatoms. The van der Waals surface area contributed by atoms with Crippen LogP contribution < -0.4 is 0 Å². The van der Waals surface area contributed by atoms with E-state index in [1.54, 1.807) is 25.1 Å². The van der Waals surface area contributed by atoms with Crippen LogP contribution in [0.15, 0.2) is 24.3 Å². The van der Waals surface area contributed by atoms with Gasteiger partial charge in [-0.1, -0.05) is 18.2 Å². The minimum Gasteiger partial charge on any atom is -0.457 e. The molecule has 0 radical (unpaired) electrons. The second-order valence-corrected chi connectivity index (χ2v) is 3.50. The number of hydrogen-bond acceptors (Lipinski definition) is 4. The normalized spacial score (nSPS) is 11.9. The summed E-state index contributed by atoms with van der Waals surface area (Å²) in [5, 5.41) is 8.76. The van der Waals surface area contributed by atoms with Crippen molar-refractivity contribution in [2.45, 2.75) is 20.0 Å². The molecule has 1 aromatic rings. The second-order valence-electron chi connectivity index (χ2n) is 3.50. The van der Waals surface area contributed by atoms with Crippen LogP contribution in [-0.2, 0) is 4.74 Å². The number of benzene rings is 1. The van der Waals surface area contributed by atoms with Gasteiger partial charge in [0.1, 0.15) is 6.10 Å². The largest absolute Gasteiger partial charge is 0.457 e. The van der Waals surface area contributed by atoms with Gasteiger partial charge >= 0.3 is 5.97 Å². The molecular formula is C12H14O4. The van der Waals surface area contributed by atoms with Gasteiger partial charge in [0.25, 0.3) is 0 Å². The van der Waals surface area contributed by atoms with Crippen molar-refractivity contribution in [2.24, 2.45) is 0 Å². The van der Waals surface area contributed by atoms with Crippen molar-refractivity contribution in [3.05, 3.63) is 35.4 Å². The number of carbonyl (C=O) groups is 2. The minimum atomic E-state index is -0.590. The van der Waals surface area contributed by atoms with Crippen LogP contribution in [0.4, 0.5) is 0 Å². The molecule has 0 aliphatic carbocycles. The van der Waals surface area contributed by atoms with Gasteiger partial charge in [-0.25, -0.2) is 4.79 Å². The molecule has 86 valence electrons. The number of rotatable bonds is 4. The molecule has 4 nitrogen and oxygen atoms in total. The molecular weight excluding hydrogens is 208 g/mol. The summed E-state index contributed by atoms with van der Waals surface area (Å²) in [5.41, 5.74) is 0.563. The van der Waals surface area contributed by atoms with Gasteiger partial charge in [0, 0.05) is 5.56 Å². The lowest BCUT2D eigenvalue weighted by Gasteiger charge is -2.11. The number of ketones is 1. The molecule has 1 unspecified atom stereocenters. The zero-order valence-corrected chi connectivity index (χ0v) is 9.27. The zero-order chi connectivity index (χ0) is 12.1. The molecule has 0 aliphatic heterocycles. The third kappa shape index (κ3) is 2.90. The molecule has 0 aliphatic rings. The van der Waals surface area contributed by atoms with Crippen molar-refractivity contribution < 1.29 is 19.4 Å². The third-order valence-electron chi connectivity index (χ3n) is 2.09. The number of aliphatic hydroxyl groups excluding tert-OH is 1. The maximum absolute atomic E-state index is 11.7. The number of ether oxygens (including phenoxy) is 1. The van der Waals surface area contributed by atoms with Crippen molar-refractivity contribution in [1.82, 2.24) is 0 Å². The van der Waals surface area contributed by atoms with Crippen LogP contribution in [0, 0.1) is 0 Å². The summed E-state index contributed by atoms with van der Waals surface area (Å²) in [4.78, 5) is 22.9. The van der Waals surface area contributed by atoms with Crippen molar-refractivity contribution in [1.29, 1.82) is 0 Å². The lowest BCUT2D eigenvalue weighted by atomic mass is 10.0. The summed E-state index contributed by atoms with van der Waals surface area (Å²) in [5.74, 6) is -0.781. The van der Waals surface area contributed by atoms with E-state index in [0.717, 1.165) is 0 Å². The van der Waals surface area contributed by atoms with E-state index in [1.807, 2.05) is 0 Å². The fourth-order valence-electron chi connectivity index (χ4n) is 1.25. The lowest BCUT2D eigenvalue weighted by Crippen LogP contribution is -2.20. The molecule has 0 aromatic heterocycles. The molecule has 16 heavy (non-hydrogen) atoms. The highest BCUT2D eigenvalue weighted by Gasteiger charge is 2.16. The molecule has 1 rings (SSSR count). The van der Waals surface area contributed by atoms with Gasteiger partial charge in [0.2, 0.25) is 0 Å². The average Bonchev–Trinajstić information content (AvgIpc) is 2.28. The Bertz CT molecular complexity index is 398. The summed E-state index contributed by atoms with van der Waals surface area (Å²) in [6.07, 6.45) is -0.576. The number of esters is 1. The van der Waals surface area contributed by atoms with Gasteiger partial charge in [-0.05, 0) is 19.9 Å². The summed E-state index contributed by atoms with van der Waals surface area (Å²) in [7, 11) is 0. The predicted molar refractivity (Wildman–Crippen MR) is 58.4 cm³/mol. The Hall–Kier alpha value is -1.68. The van der Waals surface area contributed by atoms with E-state index in [2.05, 4.69) is 0 Å². The number of aliphatic hydroxyl groups is 1. The van der Waals surface area contributed by atoms with E-state index in [9.17, 15) is 9.59 Å². The smallest absolute Gasteiger partial charge is 0.339 e. The minimum absolute atomic E-state index is 0.191. The fourth-order valence-corrected chi connectivity index (χ4v) is 1.25. The molecule has 0 saturated heterocycles. The van der Waals surface area contributed by atoms with Crippen LogP contribution in [0.25, 0.3) is 0 Å². The van der Waals surface area contributed by atoms with Crippen molar-refractivity contribution in [2.75, 3.05) is 6.61 Å². The van der Waals surface area contributed by atoms with E-state index < -0.39 is 12.1 Å². The molecule has 1 N–H and O–H groups in total. The Labute approximate surface area is 93.9 Å². The lowest BCUT2D eigenvalue weighted by molar-refractivity contribution is 0.0195. The second kappa shape index (κ2) is 5.42. The molecule has 1 aromatic carbocycles. The molecule has 0 amide bonds. The van der Waals surface area contributed by atoms with Gasteiger partial charge in [-0.15, -0.1) is 0 Å². The monoisotopic (exact) mass is 222 g/mol. The van der Waals surface area contributed by atoms with Crippen LogP contribution in [0.3, 0.4) is 0 Å². The first kappa shape index (κ1) is 12.4. The molecule has 0 spiro atoms. The SMILES string of the molecule is CC(=O)c1ccccc1C(=O)OC(C)CO. The first-order valence-electron chi connectivity index (χ1n) is 4.98. The molecule has 0 bridgehead atoms. The van der Waals surface area contributed by atoms with Crippen molar-refractivity contribution >= 4 is 11.8 Å². The summed E-state index contributed by atoms with van der Waals surface area (Å²) in [6, 6.07) is 6.45. The number of carbonyl (C=O) groups excluding carboxylic acids is 2. The van der Waals surface area contributed by atoms with Crippen LogP contribution >= 0.6 is 0 Å². The van der Waals surface area contributed by atoms with Crippen LogP contribution in [-0.4, -0.2) is 29.6 Å². The van der Waals surface area contributed by atoms with Gasteiger partial charge in [0.15, 0.2) is 5.78 Å². The van der Waals surface area contributed by atoms with Crippen molar-refractivity contribution in [3.63, 3.8) is 0 Å². The summed E-state index contributed by atoms with van der Waals surface area (Å²) in [6.45, 7) is 2.73. The van der Waals surface area contributed by atoms with E-state index in [0.29, 0.717) is 5.56 Å². The Morgan fingerprint density at radius 2 is 1.88 bits per heavy atom. The number of hydrogen-bond donors (Lipinski definition) is 1. The summed E-state index contributed by atoms with van der Waals surface area (Å²) >= 11 is 0. The quantitative estimate of drug-likeness (QED) is 0.618. The van der Waals surface area contributed by atoms with Crippen LogP contribution in [0.1, 0.15) is 34.6 Å². The topological polar surface area (TPSA) is 63.6 Å². The molecule has 1 atom stereocenters. The Morgan fingerprint density at radius 3 is 2.38 bits per heavy atom. The number of Topliss-reactive ketones (excluding diaryl/α,β-unsaturated/α-hetero) is 1. The van der Waals surface area contributed by atoms with E-state index in [4.69, 9.17) is 9.84 Å². The van der Waals surface area contributed by atoms with E-state index >= 15 is 0 Å². The van der Waals surface area contributed by atoms with Crippen LogP contribution in [0.2, 0.25) is 0 Å². The zero-order valence-electron chi connectivity index (χ0n) is 9.27. The summed E-state index contributed by atoms with van der Waals surface area (Å²) < 4.78 is 4.94. The Balaban J connectivity index is 2.95. The fraction of sp³-hybridized carbons (Fsp3) is 0.333. The first-order valence-corrected chi connectivity index (χ1v) is 4.98. The van der Waals surface area contributed by atoms with Crippen molar-refractivity contribution in [3.8, 4) is 0 Å². The maximum Gasteiger partial charge on any atom is 0.339 e. The highest BCUT2D eigenvalue weighted by molar-refractivity contribution is 6.05. The van der Waals surface area contributed by atoms with E-state index in [-0.39, 0.29) is 18.0 Å². The third-order valence-corrected chi connectivity index (χ3v) is 2.09. The van der Waals surface area contributed by atoms with Gasteiger partial charge in [0.05, 0.1) is 12.2 Å². The molecule has 0 heterocycles. The molecule has 0 fully saturated rings. The maximum atomic E-state index is 11.7. The first-order chi connectivity index (χ1) is 7.56. The van der Waals surface area contributed by atoms with Gasteiger partial charge < -0.3 is 9.84 Å². The van der Waals surface area contributed by atoms with Crippen LogP contribution in [0.5, 0.6) is 0 Å². The van der Waals surface area contributed by atoms with E-state index in [1.165, 1.54) is 13.0 Å². The van der Waals surface area contributed by atoms with Gasteiger partial charge in [-0.3, -0.25) is 4.79 Å². The Kier molecular flexibility index (Phi) is 4.19. The molecule has 0 saturated carbocycles.